The van der Waals surface area contributed by atoms with Crippen molar-refractivity contribution in [3.05, 3.63) is 71.0 Å². The summed E-state index contributed by atoms with van der Waals surface area (Å²) in [6.45, 7) is 3.67. The number of hydrogen-bond donors (Lipinski definition) is 0. The molecule has 0 bridgehead atoms. The molecule has 3 aromatic rings. The normalized spacial score (nSPS) is 15.2. The number of aromatic nitrogens is 3. The van der Waals surface area contributed by atoms with Crippen LogP contribution >= 0.6 is 23.4 Å². The number of rotatable bonds is 6. The molecule has 2 aromatic carbocycles. The molecule has 0 N–H and O–H groups in total. The number of piperidine rings is 1. The van der Waals surface area contributed by atoms with Crippen molar-refractivity contribution in [2.24, 2.45) is 0 Å². The van der Waals surface area contributed by atoms with Crippen LogP contribution in [0, 0.1) is 0 Å². The van der Waals surface area contributed by atoms with Crippen LogP contribution in [0.25, 0.3) is 5.69 Å². The SMILES string of the molecule is CC(Sc1nnc(Cc2ccccc2)n1-c1ccc(Cl)cc1)C(=O)N1CCCCC1. The van der Waals surface area contributed by atoms with E-state index in [-0.39, 0.29) is 11.2 Å². The van der Waals surface area contributed by atoms with E-state index in [9.17, 15) is 4.79 Å². The van der Waals surface area contributed by atoms with Gasteiger partial charge in [0, 0.05) is 30.2 Å². The Balaban J connectivity index is 1.61. The van der Waals surface area contributed by atoms with Crippen LogP contribution in [-0.4, -0.2) is 43.9 Å². The summed E-state index contributed by atoms with van der Waals surface area (Å²) >= 11 is 7.57. The lowest BCUT2D eigenvalue weighted by atomic mass is 10.1. The van der Waals surface area contributed by atoms with Gasteiger partial charge in [0.25, 0.3) is 0 Å². The van der Waals surface area contributed by atoms with Crippen molar-refractivity contribution in [3.63, 3.8) is 0 Å². The summed E-state index contributed by atoms with van der Waals surface area (Å²) in [5.74, 6) is 1.01. The Morgan fingerprint density at radius 3 is 2.43 bits per heavy atom. The van der Waals surface area contributed by atoms with Gasteiger partial charge in [0.15, 0.2) is 5.16 Å². The van der Waals surface area contributed by atoms with Gasteiger partial charge in [-0.3, -0.25) is 9.36 Å². The predicted molar refractivity (Wildman–Crippen MR) is 121 cm³/mol. The molecule has 1 atom stereocenters. The van der Waals surface area contributed by atoms with E-state index < -0.39 is 0 Å². The fourth-order valence-electron chi connectivity index (χ4n) is 3.70. The molecule has 30 heavy (non-hydrogen) atoms. The maximum absolute atomic E-state index is 12.9. The minimum atomic E-state index is -0.220. The highest BCUT2D eigenvalue weighted by Crippen LogP contribution is 2.28. The van der Waals surface area contributed by atoms with Crippen molar-refractivity contribution in [1.29, 1.82) is 0 Å². The molecule has 0 spiro atoms. The van der Waals surface area contributed by atoms with Crippen LogP contribution in [0.3, 0.4) is 0 Å². The van der Waals surface area contributed by atoms with E-state index in [1.54, 1.807) is 0 Å². The van der Waals surface area contributed by atoms with Gasteiger partial charge >= 0.3 is 0 Å². The molecule has 156 valence electrons. The molecule has 1 unspecified atom stereocenters. The molecule has 1 aromatic heterocycles. The number of halogens is 1. The first-order valence-electron chi connectivity index (χ1n) is 10.3. The first-order chi connectivity index (χ1) is 14.6. The van der Waals surface area contributed by atoms with Crippen molar-refractivity contribution in [2.45, 2.75) is 43.0 Å². The Bertz CT molecular complexity index is 984. The van der Waals surface area contributed by atoms with Gasteiger partial charge in [-0.1, -0.05) is 53.7 Å². The molecule has 0 radical (unpaired) electrons. The number of benzene rings is 2. The van der Waals surface area contributed by atoms with E-state index in [4.69, 9.17) is 11.6 Å². The molecule has 0 aliphatic carbocycles. The summed E-state index contributed by atoms with van der Waals surface area (Å²) in [4.78, 5) is 14.9. The Morgan fingerprint density at radius 1 is 1.03 bits per heavy atom. The van der Waals surface area contributed by atoms with Crippen molar-refractivity contribution >= 4 is 29.3 Å². The summed E-state index contributed by atoms with van der Waals surface area (Å²) in [6, 6.07) is 17.8. The molecular formula is C23H25ClN4OS. The van der Waals surface area contributed by atoms with Crippen LogP contribution in [0.1, 0.15) is 37.6 Å². The van der Waals surface area contributed by atoms with Gasteiger partial charge in [0.05, 0.1) is 5.25 Å². The van der Waals surface area contributed by atoms with Gasteiger partial charge in [-0.05, 0) is 56.0 Å². The number of amides is 1. The Hall–Kier alpha value is -2.31. The lowest BCUT2D eigenvalue weighted by Gasteiger charge is -2.28. The van der Waals surface area contributed by atoms with E-state index in [0.717, 1.165) is 48.2 Å². The summed E-state index contributed by atoms with van der Waals surface area (Å²) < 4.78 is 2.04. The molecular weight excluding hydrogens is 416 g/mol. The number of carbonyl (C=O) groups excluding carboxylic acids is 1. The largest absolute Gasteiger partial charge is 0.342 e. The Morgan fingerprint density at radius 2 is 1.73 bits per heavy atom. The van der Waals surface area contributed by atoms with Gasteiger partial charge in [0.1, 0.15) is 5.82 Å². The second kappa shape index (κ2) is 9.67. The summed E-state index contributed by atoms with van der Waals surface area (Å²) in [5, 5.41) is 10.1. The first kappa shape index (κ1) is 20.9. The molecule has 1 saturated heterocycles. The summed E-state index contributed by atoms with van der Waals surface area (Å²) in [5.41, 5.74) is 2.10. The zero-order valence-electron chi connectivity index (χ0n) is 17.0. The van der Waals surface area contributed by atoms with Crippen LogP contribution in [0.4, 0.5) is 0 Å². The van der Waals surface area contributed by atoms with Crippen LogP contribution in [0.2, 0.25) is 5.02 Å². The standard InChI is InChI=1S/C23H25ClN4OS/c1-17(22(29)27-14-6-3-7-15-27)30-23-26-25-21(16-18-8-4-2-5-9-18)28(23)20-12-10-19(24)11-13-20/h2,4-5,8-13,17H,3,6-7,14-16H2,1H3. The molecule has 2 heterocycles. The second-order valence-electron chi connectivity index (χ2n) is 7.52. The summed E-state index contributed by atoms with van der Waals surface area (Å²) in [7, 11) is 0. The molecule has 5 nitrogen and oxygen atoms in total. The average molecular weight is 441 g/mol. The van der Waals surface area contributed by atoms with Crippen LogP contribution in [-0.2, 0) is 11.2 Å². The van der Waals surface area contributed by atoms with Gasteiger partial charge < -0.3 is 4.90 Å². The lowest BCUT2D eigenvalue weighted by molar-refractivity contribution is -0.131. The van der Waals surface area contributed by atoms with E-state index >= 15 is 0 Å². The highest BCUT2D eigenvalue weighted by Gasteiger charge is 2.26. The number of thioether (sulfide) groups is 1. The minimum Gasteiger partial charge on any atom is -0.342 e. The van der Waals surface area contributed by atoms with E-state index in [2.05, 4.69) is 22.3 Å². The van der Waals surface area contributed by atoms with Gasteiger partial charge in [0.2, 0.25) is 5.91 Å². The van der Waals surface area contributed by atoms with Crippen molar-refractivity contribution in [1.82, 2.24) is 19.7 Å². The van der Waals surface area contributed by atoms with E-state index in [0.29, 0.717) is 11.4 Å². The van der Waals surface area contributed by atoms with Gasteiger partial charge in [-0.15, -0.1) is 10.2 Å². The maximum Gasteiger partial charge on any atom is 0.235 e. The second-order valence-corrected chi connectivity index (χ2v) is 9.26. The van der Waals surface area contributed by atoms with E-state index in [1.807, 2.05) is 58.9 Å². The highest BCUT2D eigenvalue weighted by molar-refractivity contribution is 8.00. The van der Waals surface area contributed by atoms with Gasteiger partial charge in [-0.25, -0.2) is 0 Å². The van der Waals surface area contributed by atoms with E-state index in [1.165, 1.54) is 18.2 Å². The zero-order valence-corrected chi connectivity index (χ0v) is 18.6. The monoisotopic (exact) mass is 440 g/mol. The number of carbonyl (C=O) groups is 1. The fraction of sp³-hybridized carbons (Fsp3) is 0.348. The highest BCUT2D eigenvalue weighted by atomic mass is 35.5. The van der Waals surface area contributed by atoms with Crippen LogP contribution in [0.5, 0.6) is 0 Å². The molecule has 1 aliphatic heterocycles. The summed E-state index contributed by atoms with van der Waals surface area (Å²) in [6.07, 6.45) is 4.04. The average Bonchev–Trinajstić information content (AvgIpc) is 3.17. The molecule has 1 amide bonds. The molecule has 4 rings (SSSR count). The lowest BCUT2D eigenvalue weighted by Crippen LogP contribution is -2.40. The Labute approximate surface area is 186 Å². The predicted octanol–water partition coefficient (Wildman–Crippen LogP) is 5.00. The molecule has 0 saturated carbocycles. The third kappa shape index (κ3) is 4.87. The third-order valence-electron chi connectivity index (χ3n) is 5.29. The minimum absolute atomic E-state index is 0.176. The van der Waals surface area contributed by atoms with Crippen molar-refractivity contribution in [3.8, 4) is 5.69 Å². The molecule has 7 heteroatoms. The van der Waals surface area contributed by atoms with Crippen LogP contribution in [0.15, 0.2) is 59.8 Å². The topological polar surface area (TPSA) is 51.0 Å². The molecule has 1 fully saturated rings. The smallest absolute Gasteiger partial charge is 0.235 e. The zero-order chi connectivity index (χ0) is 20.9. The first-order valence-corrected chi connectivity index (χ1v) is 11.6. The van der Waals surface area contributed by atoms with Crippen molar-refractivity contribution in [2.75, 3.05) is 13.1 Å². The molecule has 1 aliphatic rings. The van der Waals surface area contributed by atoms with Crippen molar-refractivity contribution < 1.29 is 4.79 Å². The number of nitrogens with zero attached hydrogens (tertiary/aromatic N) is 4. The number of hydrogen-bond acceptors (Lipinski definition) is 4. The van der Waals surface area contributed by atoms with Gasteiger partial charge in [-0.2, -0.15) is 0 Å². The van der Waals surface area contributed by atoms with Crippen LogP contribution < -0.4 is 0 Å². The fourth-order valence-corrected chi connectivity index (χ4v) is 4.80. The number of likely N-dealkylation sites (tertiary alicyclic amines) is 1. The Kier molecular flexibility index (Phi) is 6.75. The maximum atomic E-state index is 12.9. The quantitative estimate of drug-likeness (QED) is 0.506. The third-order valence-corrected chi connectivity index (χ3v) is 6.57.